The zero-order chi connectivity index (χ0) is 17.3. The van der Waals surface area contributed by atoms with Gasteiger partial charge in [0, 0.05) is 32.4 Å². The average molecular weight is 349 g/mol. The van der Waals surface area contributed by atoms with Crippen LogP contribution in [0.15, 0.2) is 35.5 Å². The molecule has 2 heterocycles. The van der Waals surface area contributed by atoms with Crippen LogP contribution in [0.25, 0.3) is 0 Å². The molecule has 9 heteroatoms. The molecule has 126 valence electrons. The fourth-order valence-corrected chi connectivity index (χ4v) is 3.99. The minimum absolute atomic E-state index is 0.111. The van der Waals surface area contributed by atoms with Gasteiger partial charge in [-0.05, 0) is 24.6 Å². The van der Waals surface area contributed by atoms with Gasteiger partial charge in [-0.25, -0.2) is 17.5 Å². The van der Waals surface area contributed by atoms with E-state index in [1.807, 2.05) is 18.1 Å². The Morgan fingerprint density at radius 1 is 1.46 bits per heavy atom. The lowest BCUT2D eigenvalue weighted by atomic mass is 10.2. The molecule has 1 aromatic carbocycles. The van der Waals surface area contributed by atoms with Crippen molar-refractivity contribution in [3.8, 4) is 6.07 Å². The summed E-state index contributed by atoms with van der Waals surface area (Å²) in [5.74, 6) is -0.736. The summed E-state index contributed by atoms with van der Waals surface area (Å²) in [5, 5.41) is 12.9. The lowest BCUT2D eigenvalue weighted by Gasteiger charge is -2.17. The molecule has 0 unspecified atom stereocenters. The van der Waals surface area contributed by atoms with Gasteiger partial charge >= 0.3 is 0 Å². The van der Waals surface area contributed by atoms with Crippen LogP contribution in [0.5, 0.6) is 0 Å². The van der Waals surface area contributed by atoms with Gasteiger partial charge in [0.05, 0.1) is 22.3 Å². The number of halogens is 1. The number of nitrogens with zero attached hydrogens (tertiary/aromatic N) is 4. The highest BCUT2D eigenvalue weighted by atomic mass is 32.2. The number of aryl methyl sites for hydroxylation is 1. The Morgan fingerprint density at radius 2 is 2.25 bits per heavy atom. The molecular weight excluding hydrogens is 333 g/mol. The van der Waals surface area contributed by atoms with Gasteiger partial charge < -0.3 is 4.90 Å². The number of hydrogen-bond acceptors (Lipinski definition) is 5. The van der Waals surface area contributed by atoms with Crippen molar-refractivity contribution in [3.05, 3.63) is 42.0 Å². The van der Waals surface area contributed by atoms with Crippen molar-refractivity contribution in [2.45, 2.75) is 17.4 Å². The van der Waals surface area contributed by atoms with Crippen LogP contribution in [-0.2, 0) is 17.1 Å². The lowest BCUT2D eigenvalue weighted by molar-refractivity contribution is 0.560. The van der Waals surface area contributed by atoms with Crippen LogP contribution in [0.3, 0.4) is 0 Å². The van der Waals surface area contributed by atoms with Crippen LogP contribution in [0.1, 0.15) is 12.0 Å². The number of sulfonamides is 1. The summed E-state index contributed by atoms with van der Waals surface area (Å²) in [7, 11) is -1.99. The second kappa shape index (κ2) is 6.22. The highest BCUT2D eigenvalue weighted by Gasteiger charge is 2.28. The molecule has 1 aliphatic rings. The van der Waals surface area contributed by atoms with Crippen LogP contribution in [0, 0.1) is 17.1 Å². The minimum atomic E-state index is -3.81. The molecule has 0 amide bonds. The van der Waals surface area contributed by atoms with Crippen LogP contribution in [0.4, 0.5) is 10.1 Å². The monoisotopic (exact) mass is 349 g/mol. The Labute approximate surface area is 139 Å². The predicted octanol–water partition coefficient (Wildman–Crippen LogP) is 0.988. The van der Waals surface area contributed by atoms with E-state index in [1.54, 1.807) is 16.9 Å². The quantitative estimate of drug-likeness (QED) is 0.889. The second-order valence-electron chi connectivity index (χ2n) is 5.68. The van der Waals surface area contributed by atoms with Crippen molar-refractivity contribution < 1.29 is 12.8 Å². The van der Waals surface area contributed by atoms with Crippen molar-refractivity contribution in [3.63, 3.8) is 0 Å². The van der Waals surface area contributed by atoms with Gasteiger partial charge in [-0.1, -0.05) is 0 Å². The first-order valence-corrected chi connectivity index (χ1v) is 8.83. The average Bonchev–Trinajstić information content (AvgIpc) is 3.16. The fourth-order valence-electron chi connectivity index (χ4n) is 2.71. The van der Waals surface area contributed by atoms with E-state index in [-0.39, 0.29) is 16.5 Å². The van der Waals surface area contributed by atoms with Gasteiger partial charge in [0.15, 0.2) is 0 Å². The molecule has 0 aliphatic carbocycles. The molecule has 1 aromatic heterocycles. The third-order valence-electron chi connectivity index (χ3n) is 3.94. The summed E-state index contributed by atoms with van der Waals surface area (Å²) in [6.07, 6.45) is 4.26. The molecule has 0 radical (unpaired) electrons. The molecule has 1 saturated heterocycles. The van der Waals surface area contributed by atoms with Crippen molar-refractivity contribution in [2.24, 2.45) is 7.05 Å². The van der Waals surface area contributed by atoms with E-state index in [0.717, 1.165) is 23.9 Å². The third kappa shape index (κ3) is 3.25. The van der Waals surface area contributed by atoms with E-state index in [4.69, 9.17) is 5.26 Å². The Hall–Kier alpha value is -2.44. The summed E-state index contributed by atoms with van der Waals surface area (Å²) < 4.78 is 42.5. The molecule has 0 bridgehead atoms. The summed E-state index contributed by atoms with van der Waals surface area (Å²) in [6, 6.07) is 4.58. The Morgan fingerprint density at radius 3 is 2.92 bits per heavy atom. The molecule has 0 saturated carbocycles. The van der Waals surface area contributed by atoms with E-state index >= 15 is 0 Å². The SMILES string of the molecule is Cn1cc(N2CC[C@H](NS(=O)(=O)c3ccc(F)c(C#N)c3)C2)cn1. The van der Waals surface area contributed by atoms with Crippen LogP contribution < -0.4 is 9.62 Å². The molecule has 7 nitrogen and oxygen atoms in total. The van der Waals surface area contributed by atoms with Gasteiger partial charge in [0.25, 0.3) is 0 Å². The zero-order valence-electron chi connectivity index (χ0n) is 13.0. The van der Waals surface area contributed by atoms with Gasteiger partial charge in [0.1, 0.15) is 11.9 Å². The van der Waals surface area contributed by atoms with Gasteiger partial charge in [-0.2, -0.15) is 10.4 Å². The first-order chi connectivity index (χ1) is 11.4. The molecular formula is C15H16FN5O2S. The first-order valence-electron chi connectivity index (χ1n) is 7.34. The van der Waals surface area contributed by atoms with E-state index in [0.29, 0.717) is 19.5 Å². The summed E-state index contributed by atoms with van der Waals surface area (Å²) in [5.41, 5.74) is 0.647. The van der Waals surface area contributed by atoms with Gasteiger partial charge in [-0.3, -0.25) is 4.68 Å². The maximum Gasteiger partial charge on any atom is 0.240 e. The molecule has 0 spiro atoms. The molecule has 1 aliphatic heterocycles. The Kier molecular flexibility index (Phi) is 4.26. The molecule has 3 rings (SSSR count). The summed E-state index contributed by atoms with van der Waals surface area (Å²) in [6.45, 7) is 1.24. The van der Waals surface area contributed by atoms with Crippen LogP contribution >= 0.6 is 0 Å². The number of nitriles is 1. The van der Waals surface area contributed by atoms with E-state index < -0.39 is 15.8 Å². The number of benzene rings is 1. The maximum absolute atomic E-state index is 13.4. The summed E-state index contributed by atoms with van der Waals surface area (Å²) in [4.78, 5) is 1.94. The number of anilines is 1. The van der Waals surface area contributed by atoms with Crippen LogP contribution in [0.2, 0.25) is 0 Å². The highest BCUT2D eigenvalue weighted by molar-refractivity contribution is 7.89. The number of hydrogen-bond donors (Lipinski definition) is 1. The van der Waals surface area contributed by atoms with Crippen molar-refractivity contribution in [1.82, 2.24) is 14.5 Å². The summed E-state index contributed by atoms with van der Waals surface area (Å²) >= 11 is 0. The fraction of sp³-hybridized carbons (Fsp3) is 0.333. The van der Waals surface area contributed by atoms with Crippen molar-refractivity contribution in [1.29, 1.82) is 5.26 Å². The minimum Gasteiger partial charge on any atom is -0.367 e. The zero-order valence-corrected chi connectivity index (χ0v) is 13.8. The van der Waals surface area contributed by atoms with Crippen molar-refractivity contribution in [2.75, 3.05) is 18.0 Å². The number of rotatable bonds is 4. The largest absolute Gasteiger partial charge is 0.367 e. The molecule has 1 fully saturated rings. The molecule has 24 heavy (non-hydrogen) atoms. The molecule has 1 atom stereocenters. The Balaban J connectivity index is 1.73. The van der Waals surface area contributed by atoms with E-state index in [9.17, 15) is 12.8 Å². The van der Waals surface area contributed by atoms with E-state index in [2.05, 4.69) is 9.82 Å². The van der Waals surface area contributed by atoms with Crippen LogP contribution in [-0.4, -0.2) is 37.3 Å². The number of aromatic nitrogens is 2. The third-order valence-corrected chi connectivity index (χ3v) is 5.45. The molecule has 2 aromatic rings. The maximum atomic E-state index is 13.4. The predicted molar refractivity (Wildman–Crippen MR) is 85.3 cm³/mol. The highest BCUT2D eigenvalue weighted by Crippen LogP contribution is 2.21. The van der Waals surface area contributed by atoms with Gasteiger partial charge in [-0.15, -0.1) is 0 Å². The first kappa shape index (κ1) is 16.4. The van der Waals surface area contributed by atoms with E-state index in [1.165, 1.54) is 0 Å². The van der Waals surface area contributed by atoms with Crippen molar-refractivity contribution >= 4 is 15.7 Å². The number of nitrogens with one attached hydrogen (secondary N) is 1. The Bertz CT molecular complexity index is 903. The molecule has 1 N–H and O–H groups in total. The standard InChI is InChI=1S/C15H16FN5O2S/c1-20-10-13(8-18-20)21-5-4-12(9-21)19-24(22,23)14-2-3-15(16)11(6-14)7-17/h2-3,6,8,10,12,19H,4-5,9H2,1H3/t12-/m0/s1. The topological polar surface area (TPSA) is 91.0 Å². The van der Waals surface area contributed by atoms with Gasteiger partial charge in [0.2, 0.25) is 10.0 Å². The smallest absolute Gasteiger partial charge is 0.240 e. The second-order valence-corrected chi connectivity index (χ2v) is 7.39. The lowest BCUT2D eigenvalue weighted by Crippen LogP contribution is -2.37. The normalized spacial score (nSPS) is 17.9.